The molecule has 3 aliphatic carbocycles. The normalized spacial score (nSPS) is 27.2. The maximum atomic E-state index is 15.3. The Morgan fingerprint density at radius 1 is 1.18 bits per heavy atom. The average Bonchev–Trinajstić information content (AvgIpc) is 2.77. The van der Waals surface area contributed by atoms with Crippen molar-refractivity contribution in [3.63, 3.8) is 0 Å². The molecular formula is C28H36FN3O7. The van der Waals surface area contributed by atoms with Crippen LogP contribution in [0.5, 0.6) is 5.75 Å². The summed E-state index contributed by atoms with van der Waals surface area (Å²) in [5.41, 5.74) is 1.61. The molecule has 0 radical (unpaired) electrons. The highest BCUT2D eigenvalue weighted by Gasteiger charge is 2.63. The maximum absolute atomic E-state index is 15.3. The van der Waals surface area contributed by atoms with Crippen LogP contribution in [0.1, 0.15) is 48.7 Å². The van der Waals surface area contributed by atoms with E-state index in [9.17, 15) is 34.8 Å². The van der Waals surface area contributed by atoms with Crippen LogP contribution in [0, 0.1) is 23.1 Å². The molecule has 1 aromatic rings. The van der Waals surface area contributed by atoms with E-state index < -0.39 is 69.6 Å². The smallest absolute Gasteiger partial charge is 0.255 e. The van der Waals surface area contributed by atoms with Crippen LogP contribution in [0.15, 0.2) is 28.7 Å². The Morgan fingerprint density at radius 3 is 2.33 bits per heavy atom. The van der Waals surface area contributed by atoms with E-state index in [-0.39, 0.29) is 41.5 Å². The van der Waals surface area contributed by atoms with Gasteiger partial charge >= 0.3 is 0 Å². The molecule has 1 amide bonds. The van der Waals surface area contributed by atoms with Gasteiger partial charge in [0.2, 0.25) is 5.78 Å². The molecule has 0 saturated carbocycles. The number of aromatic hydroxyl groups is 1. The number of aliphatic hydroxyl groups excluding tert-OH is 2. The molecule has 0 bridgehead atoms. The highest BCUT2D eigenvalue weighted by molar-refractivity contribution is 6.24. The molecule has 1 aromatic carbocycles. The molecule has 0 spiro atoms. The number of benzene rings is 1. The van der Waals surface area contributed by atoms with E-state index in [0.717, 1.165) is 0 Å². The number of hydrogen-bond acceptors (Lipinski definition) is 9. The zero-order valence-corrected chi connectivity index (χ0v) is 23.0. The van der Waals surface area contributed by atoms with Gasteiger partial charge in [0, 0.05) is 30.1 Å². The molecule has 212 valence electrons. The molecular weight excluding hydrogens is 509 g/mol. The van der Waals surface area contributed by atoms with Gasteiger partial charge in [0.25, 0.3) is 5.91 Å². The van der Waals surface area contributed by atoms with E-state index in [1.165, 1.54) is 11.0 Å². The highest BCUT2D eigenvalue weighted by Crippen LogP contribution is 2.52. The van der Waals surface area contributed by atoms with Crippen LogP contribution in [0.2, 0.25) is 0 Å². The number of nitrogens with zero attached hydrogens (tertiary/aromatic N) is 2. The Morgan fingerprint density at radius 2 is 1.79 bits per heavy atom. The molecule has 0 fully saturated rings. The number of carbonyl (C=O) groups excluding carboxylic acids is 3. The van der Waals surface area contributed by atoms with Crippen molar-refractivity contribution in [2.24, 2.45) is 23.0 Å². The molecule has 4 atom stereocenters. The molecule has 11 heteroatoms. The molecule has 0 saturated heterocycles. The molecule has 0 aromatic heterocycles. The Kier molecular flexibility index (Phi) is 6.94. The van der Waals surface area contributed by atoms with Gasteiger partial charge in [-0.25, -0.2) is 4.39 Å². The topological polar surface area (TPSA) is 165 Å². The molecule has 0 unspecified atom stereocenters. The average molecular weight is 546 g/mol. The lowest BCUT2D eigenvalue weighted by Crippen LogP contribution is -2.63. The standard InChI is InChI=1S/C28H36FN3O7/c1-27(2,3)11-32(6)10-14-8-12-7-13-9-15-20(31(4)5)23(35)18(26(30)38)25(37)28(15,39)24(36)17(13)21(33)16(12)22(34)19(14)29/h8,13,15,20,34-36,39H,7,9-11H2,1-6H3,(H2,30,38)/t13-,15-,20-,28-/m0/s1. The largest absolute Gasteiger partial charge is 0.510 e. The first-order chi connectivity index (χ1) is 17.9. The number of amides is 1. The van der Waals surface area contributed by atoms with Crippen LogP contribution >= 0.6 is 0 Å². The number of phenols is 1. The van der Waals surface area contributed by atoms with Gasteiger partial charge in [0.05, 0.1) is 11.6 Å². The lowest BCUT2D eigenvalue weighted by atomic mass is 9.58. The van der Waals surface area contributed by atoms with Crippen LogP contribution in [0.25, 0.3) is 0 Å². The monoisotopic (exact) mass is 545 g/mol. The summed E-state index contributed by atoms with van der Waals surface area (Å²) in [5, 5.41) is 44.5. The third-order valence-electron chi connectivity index (χ3n) is 7.91. The number of Topliss-reactive ketones (excluding diaryl/α,β-unsaturated/α-hetero) is 2. The van der Waals surface area contributed by atoms with E-state index >= 15 is 4.39 Å². The van der Waals surface area contributed by atoms with Gasteiger partial charge in [0.15, 0.2) is 23.0 Å². The Hall–Kier alpha value is -3.28. The third-order valence-corrected chi connectivity index (χ3v) is 7.91. The Labute approximate surface area is 226 Å². The number of phenolic OH excluding ortho intramolecular Hbond substituents is 1. The first kappa shape index (κ1) is 28.7. The van der Waals surface area contributed by atoms with Crippen LogP contribution < -0.4 is 5.73 Å². The number of ketones is 2. The van der Waals surface area contributed by atoms with Crippen molar-refractivity contribution in [2.75, 3.05) is 27.7 Å². The summed E-state index contributed by atoms with van der Waals surface area (Å²) in [5.74, 6) is -8.77. The highest BCUT2D eigenvalue weighted by atomic mass is 19.1. The lowest BCUT2D eigenvalue weighted by Gasteiger charge is -2.50. The Balaban J connectivity index is 1.84. The summed E-state index contributed by atoms with van der Waals surface area (Å²) in [6.45, 7) is 6.97. The first-order valence-electron chi connectivity index (χ1n) is 12.8. The van der Waals surface area contributed by atoms with Crippen LogP contribution in [-0.2, 0) is 22.6 Å². The van der Waals surface area contributed by atoms with Crippen LogP contribution in [0.4, 0.5) is 4.39 Å². The molecule has 10 nitrogen and oxygen atoms in total. The van der Waals surface area contributed by atoms with Gasteiger partial charge in [-0.1, -0.05) is 26.8 Å². The number of primary amides is 1. The van der Waals surface area contributed by atoms with E-state index in [0.29, 0.717) is 12.1 Å². The van der Waals surface area contributed by atoms with Gasteiger partial charge in [-0.3, -0.25) is 19.3 Å². The second-order valence-electron chi connectivity index (χ2n) is 12.4. The van der Waals surface area contributed by atoms with Gasteiger partial charge in [-0.2, -0.15) is 0 Å². The molecule has 4 rings (SSSR count). The predicted molar refractivity (Wildman–Crippen MR) is 139 cm³/mol. The molecule has 6 N–H and O–H groups in total. The van der Waals surface area contributed by atoms with Crippen molar-refractivity contribution in [1.29, 1.82) is 0 Å². The molecule has 0 heterocycles. The molecule has 3 aliphatic rings. The summed E-state index contributed by atoms with van der Waals surface area (Å²) in [4.78, 5) is 42.4. The fourth-order valence-corrected chi connectivity index (χ4v) is 6.61. The Bertz CT molecular complexity index is 1340. The van der Waals surface area contributed by atoms with Gasteiger partial charge in [-0.15, -0.1) is 0 Å². The fourth-order valence-electron chi connectivity index (χ4n) is 6.61. The van der Waals surface area contributed by atoms with Crippen molar-refractivity contribution in [3.8, 4) is 5.75 Å². The zero-order valence-electron chi connectivity index (χ0n) is 23.0. The molecule has 0 aliphatic heterocycles. The number of rotatable bonds is 5. The van der Waals surface area contributed by atoms with Gasteiger partial charge in [-0.05, 0) is 50.9 Å². The number of hydrogen-bond donors (Lipinski definition) is 5. The van der Waals surface area contributed by atoms with E-state index in [1.807, 2.05) is 32.7 Å². The number of nitrogens with two attached hydrogens (primary N) is 1. The zero-order chi connectivity index (χ0) is 29.4. The van der Waals surface area contributed by atoms with Crippen molar-refractivity contribution in [2.45, 2.75) is 51.8 Å². The molecule has 39 heavy (non-hydrogen) atoms. The first-order valence-corrected chi connectivity index (χ1v) is 12.8. The summed E-state index contributed by atoms with van der Waals surface area (Å²) in [6, 6.07) is 0.465. The number of fused-ring (bicyclic) bond motifs is 3. The number of carbonyl (C=O) groups is 3. The number of halogens is 1. The van der Waals surface area contributed by atoms with Crippen LogP contribution in [0.3, 0.4) is 0 Å². The summed E-state index contributed by atoms with van der Waals surface area (Å²) in [6.07, 6.45) is 0.0848. The summed E-state index contributed by atoms with van der Waals surface area (Å²) >= 11 is 0. The van der Waals surface area contributed by atoms with Gasteiger partial charge < -0.3 is 31.1 Å². The number of likely N-dealkylation sites (N-methyl/N-ethyl adjacent to an activating group) is 1. The van der Waals surface area contributed by atoms with E-state index in [1.54, 1.807) is 14.1 Å². The van der Waals surface area contributed by atoms with Crippen molar-refractivity contribution < 1.29 is 39.2 Å². The van der Waals surface area contributed by atoms with Crippen molar-refractivity contribution in [1.82, 2.24) is 9.80 Å². The van der Waals surface area contributed by atoms with Gasteiger partial charge in [0.1, 0.15) is 17.1 Å². The maximum Gasteiger partial charge on any atom is 0.255 e. The minimum Gasteiger partial charge on any atom is -0.510 e. The van der Waals surface area contributed by atoms with E-state index in [2.05, 4.69) is 0 Å². The SMILES string of the molecule is CN(Cc1cc2c(c(O)c1F)C(=O)C1=C(O)[C@]3(O)C(=O)C(C(N)=O)=C(O)[C@@H](N(C)C)[C@@H]3C[C@@H]1C2)CC(C)(C)C. The third kappa shape index (κ3) is 4.42. The minimum absolute atomic E-state index is 0.0246. The summed E-state index contributed by atoms with van der Waals surface area (Å²) in [7, 11) is 4.96. The quantitative estimate of drug-likeness (QED) is 0.347. The lowest BCUT2D eigenvalue weighted by molar-refractivity contribution is -0.148. The van der Waals surface area contributed by atoms with Crippen molar-refractivity contribution in [3.05, 3.63) is 51.2 Å². The number of aliphatic hydroxyl groups is 3. The number of allylic oxidation sites excluding steroid dienone is 1. The van der Waals surface area contributed by atoms with E-state index in [4.69, 9.17) is 5.73 Å². The minimum atomic E-state index is -2.73. The van der Waals surface area contributed by atoms with Crippen LogP contribution in [-0.4, -0.2) is 87.0 Å². The second kappa shape index (κ2) is 9.42. The predicted octanol–water partition coefficient (Wildman–Crippen LogP) is 1.74. The summed E-state index contributed by atoms with van der Waals surface area (Å²) < 4.78 is 15.3. The fraction of sp³-hybridized carbons (Fsp3) is 0.536. The second-order valence-corrected chi connectivity index (χ2v) is 12.4. The van der Waals surface area contributed by atoms with Crippen molar-refractivity contribution >= 4 is 17.5 Å².